The summed E-state index contributed by atoms with van der Waals surface area (Å²) in [5.74, 6) is 0. The van der Waals surface area contributed by atoms with Crippen molar-refractivity contribution >= 4 is 38.7 Å². The lowest BCUT2D eigenvalue weighted by atomic mass is 10.1. The summed E-state index contributed by atoms with van der Waals surface area (Å²) in [5, 5.41) is 10.0. The number of nitrogens with zero attached hydrogens (tertiary/aromatic N) is 4. The molecule has 0 bridgehead atoms. The molecule has 0 aliphatic rings. The van der Waals surface area contributed by atoms with Crippen molar-refractivity contribution in [3.8, 4) is 17.3 Å². The first kappa shape index (κ1) is 19.4. The molecule has 0 atom stereocenters. The van der Waals surface area contributed by atoms with Crippen LogP contribution in [0, 0.1) is 11.3 Å². The average Bonchev–Trinajstić information content (AvgIpc) is 3.10. The molecular weight excluding hydrogens is 467 g/mol. The van der Waals surface area contributed by atoms with Crippen molar-refractivity contribution in [1.82, 2.24) is 19.9 Å². The first-order valence-electron chi connectivity index (χ1n) is 8.10. The number of nitrogens with one attached hydrogen (secondary N) is 1. The second-order valence-corrected chi connectivity index (χ2v) is 7.86. The maximum atomic E-state index is 13.1. The number of hydrogen-bond acceptors (Lipinski definition) is 5. The maximum absolute atomic E-state index is 13.1. The number of fused-ring (bicyclic) bond motifs is 1. The number of hydrogen-bond donors (Lipinski definition) is 1. The molecule has 0 spiro atoms. The molecule has 3 heterocycles. The van der Waals surface area contributed by atoms with Gasteiger partial charge < -0.3 is 4.98 Å². The third-order valence-electron chi connectivity index (χ3n) is 4.01. The van der Waals surface area contributed by atoms with Gasteiger partial charge in [-0.2, -0.15) is 18.4 Å². The lowest BCUT2D eigenvalue weighted by molar-refractivity contribution is -0.137. The topological polar surface area (TPSA) is 78.2 Å². The van der Waals surface area contributed by atoms with Crippen LogP contribution < -0.4 is 0 Å². The van der Waals surface area contributed by atoms with E-state index in [9.17, 15) is 18.4 Å². The number of aromatic nitrogens is 4. The van der Waals surface area contributed by atoms with Gasteiger partial charge in [0.2, 0.25) is 0 Å². The van der Waals surface area contributed by atoms with Crippen molar-refractivity contribution in [2.75, 3.05) is 0 Å². The molecule has 0 amide bonds. The Morgan fingerprint density at radius 1 is 1.14 bits per heavy atom. The molecule has 1 aromatic carbocycles. The predicted molar refractivity (Wildman–Crippen MR) is 105 cm³/mol. The minimum absolute atomic E-state index is 0.155. The molecule has 29 heavy (non-hydrogen) atoms. The molecule has 10 heteroatoms. The van der Waals surface area contributed by atoms with Crippen molar-refractivity contribution in [3.63, 3.8) is 0 Å². The molecular formula is C19H9BrF3N5S. The summed E-state index contributed by atoms with van der Waals surface area (Å²) >= 11 is 4.67. The molecule has 144 valence electrons. The highest BCUT2D eigenvalue weighted by atomic mass is 79.9. The van der Waals surface area contributed by atoms with E-state index < -0.39 is 11.7 Å². The van der Waals surface area contributed by atoms with Gasteiger partial charge in [-0.25, -0.2) is 15.0 Å². The molecule has 0 saturated carbocycles. The van der Waals surface area contributed by atoms with Crippen LogP contribution in [0.1, 0.15) is 11.1 Å². The Morgan fingerprint density at radius 3 is 2.69 bits per heavy atom. The number of aromatic amines is 1. The van der Waals surface area contributed by atoms with Crippen molar-refractivity contribution in [1.29, 1.82) is 5.26 Å². The number of pyridine rings is 1. The van der Waals surface area contributed by atoms with E-state index in [0.717, 1.165) is 21.6 Å². The Bertz CT molecular complexity index is 1260. The Hall–Kier alpha value is -2.90. The van der Waals surface area contributed by atoms with E-state index in [0.29, 0.717) is 10.7 Å². The van der Waals surface area contributed by atoms with Crippen LogP contribution in [-0.4, -0.2) is 19.9 Å². The lowest BCUT2D eigenvalue weighted by Gasteiger charge is -2.08. The van der Waals surface area contributed by atoms with Crippen molar-refractivity contribution in [2.24, 2.45) is 0 Å². The molecule has 4 rings (SSSR count). The Morgan fingerprint density at radius 2 is 1.97 bits per heavy atom. The number of benzene rings is 1. The molecule has 0 fully saturated rings. The first-order valence-corrected chi connectivity index (χ1v) is 9.71. The molecule has 0 aliphatic heterocycles. The summed E-state index contributed by atoms with van der Waals surface area (Å²) in [7, 11) is 0. The van der Waals surface area contributed by atoms with Gasteiger partial charge in [0.25, 0.3) is 0 Å². The quantitative estimate of drug-likeness (QED) is 0.377. The fourth-order valence-corrected chi connectivity index (χ4v) is 4.03. The van der Waals surface area contributed by atoms with Gasteiger partial charge in [0.1, 0.15) is 11.7 Å². The predicted octanol–water partition coefficient (Wildman–Crippen LogP) is 5.82. The fourth-order valence-electron chi connectivity index (χ4n) is 2.69. The van der Waals surface area contributed by atoms with E-state index in [4.69, 9.17) is 0 Å². The summed E-state index contributed by atoms with van der Waals surface area (Å²) in [5.41, 5.74) is 0.154. The molecule has 1 N–H and O–H groups in total. The van der Waals surface area contributed by atoms with Crippen LogP contribution >= 0.6 is 27.7 Å². The van der Waals surface area contributed by atoms with Gasteiger partial charge in [-0.1, -0.05) is 22.0 Å². The molecule has 5 nitrogen and oxygen atoms in total. The third kappa shape index (κ3) is 3.97. The number of nitriles is 1. The number of alkyl halides is 3. The Balaban J connectivity index is 1.82. The first-order chi connectivity index (χ1) is 13.8. The highest BCUT2D eigenvalue weighted by Gasteiger charge is 2.31. The minimum atomic E-state index is -4.53. The van der Waals surface area contributed by atoms with Gasteiger partial charge in [-0.3, -0.25) is 0 Å². The molecule has 0 unspecified atom stereocenters. The standard InChI is InChI=1S/C19H9BrF3N5S/c20-12-2-1-3-13(5-12)29-18-27-7-10(6-24)16(28-18)15-9-26-17-14(15)4-11(8-25-17)19(21,22)23/h1-5,7-9H,(H,25,26). The van der Waals surface area contributed by atoms with Crippen LogP contribution in [0.5, 0.6) is 0 Å². The van der Waals surface area contributed by atoms with Crippen LogP contribution in [0.4, 0.5) is 13.2 Å². The summed E-state index contributed by atoms with van der Waals surface area (Å²) in [6.07, 6.45) is -0.902. The second-order valence-electron chi connectivity index (χ2n) is 5.91. The zero-order chi connectivity index (χ0) is 20.6. The van der Waals surface area contributed by atoms with E-state index in [1.165, 1.54) is 24.2 Å². The zero-order valence-corrected chi connectivity index (χ0v) is 16.7. The van der Waals surface area contributed by atoms with E-state index in [2.05, 4.69) is 35.9 Å². The van der Waals surface area contributed by atoms with Gasteiger partial charge in [0.05, 0.1) is 16.8 Å². The van der Waals surface area contributed by atoms with Gasteiger partial charge in [-0.05, 0) is 36.0 Å². The minimum Gasteiger partial charge on any atom is -0.345 e. The van der Waals surface area contributed by atoms with Gasteiger partial charge in [-0.15, -0.1) is 0 Å². The van der Waals surface area contributed by atoms with Gasteiger partial charge in [0, 0.05) is 38.9 Å². The lowest BCUT2D eigenvalue weighted by Crippen LogP contribution is -2.05. The highest BCUT2D eigenvalue weighted by Crippen LogP contribution is 2.35. The van der Waals surface area contributed by atoms with Gasteiger partial charge >= 0.3 is 6.18 Å². The van der Waals surface area contributed by atoms with Crippen LogP contribution in [0.2, 0.25) is 0 Å². The van der Waals surface area contributed by atoms with E-state index in [-0.39, 0.29) is 22.3 Å². The fraction of sp³-hybridized carbons (Fsp3) is 0.0526. The SMILES string of the molecule is N#Cc1cnc(Sc2cccc(Br)c2)nc1-c1c[nH]c2ncc(C(F)(F)F)cc12. The highest BCUT2D eigenvalue weighted by molar-refractivity contribution is 9.10. The average molecular weight is 476 g/mol. The number of H-pyrrole nitrogens is 1. The van der Waals surface area contributed by atoms with Crippen molar-refractivity contribution in [2.45, 2.75) is 16.2 Å². The number of halogens is 4. The van der Waals surface area contributed by atoms with Crippen molar-refractivity contribution in [3.05, 3.63) is 64.5 Å². The summed E-state index contributed by atoms with van der Waals surface area (Å²) in [6, 6.07) is 10.5. The molecule has 4 aromatic rings. The smallest absolute Gasteiger partial charge is 0.345 e. The summed E-state index contributed by atoms with van der Waals surface area (Å²) < 4.78 is 40.2. The third-order valence-corrected chi connectivity index (χ3v) is 5.37. The van der Waals surface area contributed by atoms with E-state index >= 15 is 0 Å². The normalized spacial score (nSPS) is 11.6. The number of rotatable bonds is 3. The van der Waals surface area contributed by atoms with Gasteiger partial charge in [0.15, 0.2) is 5.16 Å². The summed E-state index contributed by atoms with van der Waals surface area (Å²) in [6.45, 7) is 0. The Labute approximate surface area is 175 Å². The van der Waals surface area contributed by atoms with E-state index in [1.54, 1.807) is 0 Å². The van der Waals surface area contributed by atoms with Crippen LogP contribution in [-0.2, 0) is 6.18 Å². The van der Waals surface area contributed by atoms with Crippen LogP contribution in [0.15, 0.2) is 63.4 Å². The molecule has 0 saturated heterocycles. The molecule has 3 aromatic heterocycles. The summed E-state index contributed by atoms with van der Waals surface area (Å²) in [4.78, 5) is 16.2. The second kappa shape index (κ2) is 7.50. The van der Waals surface area contributed by atoms with Crippen molar-refractivity contribution < 1.29 is 13.2 Å². The zero-order valence-electron chi connectivity index (χ0n) is 14.3. The maximum Gasteiger partial charge on any atom is 0.417 e. The van der Waals surface area contributed by atoms with Crippen LogP contribution in [0.3, 0.4) is 0 Å². The molecule has 0 radical (unpaired) electrons. The van der Waals surface area contributed by atoms with E-state index in [1.807, 2.05) is 30.3 Å². The monoisotopic (exact) mass is 475 g/mol. The molecule has 0 aliphatic carbocycles. The largest absolute Gasteiger partial charge is 0.417 e. The van der Waals surface area contributed by atoms with Crippen LogP contribution in [0.25, 0.3) is 22.3 Å². The Kier molecular flexibility index (Phi) is 5.02.